The third kappa shape index (κ3) is 3.30. The van der Waals surface area contributed by atoms with E-state index < -0.39 is 11.6 Å². The summed E-state index contributed by atoms with van der Waals surface area (Å²) in [6.45, 7) is 0. The van der Waals surface area contributed by atoms with Gasteiger partial charge in [-0.3, -0.25) is 0 Å². The first kappa shape index (κ1) is 19.4. The topological polar surface area (TPSA) is 4.93 Å². The number of hydrogen-bond acceptors (Lipinski definition) is 0. The highest BCUT2D eigenvalue weighted by atomic mass is 19.1. The number of fused-ring (bicyclic) bond motifs is 3. The van der Waals surface area contributed by atoms with Crippen molar-refractivity contribution in [2.75, 3.05) is 0 Å². The average molecular weight is 431 g/mol. The van der Waals surface area contributed by atoms with Gasteiger partial charge in [-0.15, -0.1) is 0 Å². The predicted molar refractivity (Wildman–Crippen MR) is 132 cm³/mol. The van der Waals surface area contributed by atoms with Crippen molar-refractivity contribution in [3.05, 3.63) is 127 Å². The minimum Gasteiger partial charge on any atom is -0.306 e. The number of benzene rings is 5. The van der Waals surface area contributed by atoms with E-state index >= 15 is 4.39 Å². The summed E-state index contributed by atoms with van der Waals surface area (Å²) in [7, 11) is 0. The van der Waals surface area contributed by atoms with Crippen LogP contribution in [0.2, 0.25) is 0 Å². The van der Waals surface area contributed by atoms with Crippen molar-refractivity contribution >= 4 is 21.8 Å². The van der Waals surface area contributed by atoms with E-state index in [1.165, 1.54) is 12.1 Å². The molecule has 0 fully saturated rings. The fourth-order valence-corrected chi connectivity index (χ4v) is 4.56. The second-order valence-electron chi connectivity index (χ2n) is 8.13. The van der Waals surface area contributed by atoms with Gasteiger partial charge in [0.05, 0.1) is 16.7 Å². The fourth-order valence-electron chi connectivity index (χ4n) is 4.56. The highest BCUT2D eigenvalue weighted by Gasteiger charge is 2.17. The number of nitrogens with zero attached hydrogens (tertiary/aromatic N) is 1. The van der Waals surface area contributed by atoms with Crippen molar-refractivity contribution in [3.8, 4) is 27.9 Å². The van der Waals surface area contributed by atoms with Crippen LogP contribution in [0.3, 0.4) is 0 Å². The molecule has 0 aliphatic carbocycles. The zero-order chi connectivity index (χ0) is 22.4. The lowest BCUT2D eigenvalue weighted by atomic mass is 10.0. The molecule has 5 aromatic carbocycles. The molecule has 0 bridgehead atoms. The van der Waals surface area contributed by atoms with E-state index in [1.54, 1.807) is 0 Å². The smallest absolute Gasteiger partial charge is 0.150 e. The second kappa shape index (κ2) is 7.72. The second-order valence-corrected chi connectivity index (χ2v) is 8.13. The van der Waals surface area contributed by atoms with E-state index in [4.69, 9.17) is 0 Å². The van der Waals surface area contributed by atoms with E-state index in [1.807, 2.05) is 41.0 Å². The molecule has 0 amide bonds. The molecule has 0 radical (unpaired) electrons. The summed E-state index contributed by atoms with van der Waals surface area (Å²) in [5.74, 6) is -1.18. The predicted octanol–water partition coefficient (Wildman–Crippen LogP) is 8.40. The molecule has 6 aromatic rings. The minimum atomic E-state index is -0.593. The summed E-state index contributed by atoms with van der Waals surface area (Å²) in [4.78, 5) is 0. The van der Waals surface area contributed by atoms with Gasteiger partial charge in [0, 0.05) is 16.8 Å². The first-order chi connectivity index (χ1) is 16.2. The summed E-state index contributed by atoms with van der Waals surface area (Å²) >= 11 is 0. The number of halogens is 2. The SMILES string of the molecule is Fc1ccc(-n2c3cc(-c4ccccc4)ccc3c3ccc(-c4ccccc4)cc32)c(F)c1. The van der Waals surface area contributed by atoms with Gasteiger partial charge in [-0.1, -0.05) is 84.9 Å². The van der Waals surface area contributed by atoms with Gasteiger partial charge in [-0.2, -0.15) is 0 Å². The molecule has 0 unspecified atom stereocenters. The molecule has 3 heteroatoms. The third-order valence-electron chi connectivity index (χ3n) is 6.13. The Morgan fingerprint density at radius 1 is 0.455 bits per heavy atom. The van der Waals surface area contributed by atoms with E-state index in [0.717, 1.165) is 50.1 Å². The normalized spacial score (nSPS) is 11.3. The Morgan fingerprint density at radius 2 is 0.970 bits per heavy atom. The molecular formula is C30H19F2N. The van der Waals surface area contributed by atoms with Gasteiger partial charge >= 0.3 is 0 Å². The molecule has 0 saturated carbocycles. The van der Waals surface area contributed by atoms with Crippen LogP contribution in [0.15, 0.2) is 115 Å². The van der Waals surface area contributed by atoms with Crippen LogP contribution in [0, 0.1) is 11.6 Å². The fraction of sp³-hybridized carbons (Fsp3) is 0. The largest absolute Gasteiger partial charge is 0.306 e. The first-order valence-corrected chi connectivity index (χ1v) is 10.8. The summed E-state index contributed by atoms with van der Waals surface area (Å²) in [5, 5.41) is 2.04. The quantitative estimate of drug-likeness (QED) is 0.265. The Hall–Kier alpha value is -4.24. The van der Waals surface area contributed by atoms with Gasteiger partial charge in [-0.05, 0) is 46.5 Å². The van der Waals surface area contributed by atoms with Gasteiger partial charge in [0.25, 0.3) is 0 Å². The Morgan fingerprint density at radius 3 is 1.45 bits per heavy atom. The van der Waals surface area contributed by atoms with Crippen LogP contribution in [0.4, 0.5) is 8.78 Å². The van der Waals surface area contributed by atoms with Crippen molar-refractivity contribution in [1.29, 1.82) is 0 Å². The van der Waals surface area contributed by atoms with E-state index in [2.05, 4.69) is 60.7 Å². The zero-order valence-corrected chi connectivity index (χ0v) is 17.7. The van der Waals surface area contributed by atoms with E-state index in [9.17, 15) is 4.39 Å². The highest BCUT2D eigenvalue weighted by Crippen LogP contribution is 2.37. The molecule has 0 spiro atoms. The molecule has 6 rings (SSSR count). The molecule has 158 valence electrons. The summed E-state index contributed by atoms with van der Waals surface area (Å²) in [5.41, 5.74) is 6.33. The van der Waals surface area contributed by atoms with Gasteiger partial charge < -0.3 is 4.57 Å². The van der Waals surface area contributed by atoms with Crippen LogP contribution < -0.4 is 0 Å². The van der Waals surface area contributed by atoms with Crippen molar-refractivity contribution in [1.82, 2.24) is 4.57 Å². The third-order valence-corrected chi connectivity index (χ3v) is 6.13. The van der Waals surface area contributed by atoms with Crippen LogP contribution in [-0.2, 0) is 0 Å². The van der Waals surface area contributed by atoms with Crippen molar-refractivity contribution in [3.63, 3.8) is 0 Å². The summed E-state index contributed by atoms with van der Waals surface area (Å²) in [6, 6.07) is 36.5. The lowest BCUT2D eigenvalue weighted by molar-refractivity contribution is 0.579. The molecule has 33 heavy (non-hydrogen) atoms. The Kier molecular flexibility index (Phi) is 4.55. The molecule has 0 aliphatic heterocycles. The maximum absolute atomic E-state index is 15.1. The Labute approximate surface area is 190 Å². The standard InChI is InChI=1S/C30H19F2N/c31-24-13-16-28(27(32)19-24)33-29-17-22(20-7-3-1-4-8-20)11-14-25(29)26-15-12-23(18-30(26)33)21-9-5-2-6-10-21/h1-19H. The Balaban J connectivity index is 1.70. The maximum Gasteiger partial charge on any atom is 0.150 e. The van der Waals surface area contributed by atoms with Gasteiger partial charge in [0.15, 0.2) is 0 Å². The molecule has 0 atom stereocenters. The number of aromatic nitrogens is 1. The monoisotopic (exact) mass is 431 g/mol. The molecule has 1 nitrogen and oxygen atoms in total. The van der Waals surface area contributed by atoms with Crippen LogP contribution in [0.1, 0.15) is 0 Å². The van der Waals surface area contributed by atoms with Crippen LogP contribution in [0.5, 0.6) is 0 Å². The van der Waals surface area contributed by atoms with Gasteiger partial charge in [0.2, 0.25) is 0 Å². The molecular weight excluding hydrogens is 412 g/mol. The van der Waals surface area contributed by atoms with Crippen LogP contribution in [-0.4, -0.2) is 4.57 Å². The number of rotatable bonds is 3. The van der Waals surface area contributed by atoms with Crippen LogP contribution >= 0.6 is 0 Å². The van der Waals surface area contributed by atoms with Crippen molar-refractivity contribution < 1.29 is 8.78 Å². The molecule has 1 heterocycles. The first-order valence-electron chi connectivity index (χ1n) is 10.8. The average Bonchev–Trinajstić information content (AvgIpc) is 3.18. The van der Waals surface area contributed by atoms with E-state index in [-0.39, 0.29) is 0 Å². The van der Waals surface area contributed by atoms with Gasteiger partial charge in [0.1, 0.15) is 11.6 Å². The molecule has 0 saturated heterocycles. The maximum atomic E-state index is 15.1. The van der Waals surface area contributed by atoms with E-state index in [0.29, 0.717) is 5.69 Å². The molecule has 0 N–H and O–H groups in total. The number of hydrogen-bond donors (Lipinski definition) is 0. The van der Waals surface area contributed by atoms with Crippen molar-refractivity contribution in [2.24, 2.45) is 0 Å². The molecule has 1 aromatic heterocycles. The summed E-state index contributed by atoms with van der Waals surface area (Å²) < 4.78 is 30.7. The summed E-state index contributed by atoms with van der Waals surface area (Å²) in [6.07, 6.45) is 0. The minimum absolute atomic E-state index is 0.326. The van der Waals surface area contributed by atoms with Gasteiger partial charge in [-0.25, -0.2) is 8.78 Å². The molecule has 0 aliphatic rings. The van der Waals surface area contributed by atoms with Crippen molar-refractivity contribution in [2.45, 2.75) is 0 Å². The zero-order valence-electron chi connectivity index (χ0n) is 17.7. The lowest BCUT2D eigenvalue weighted by Gasteiger charge is -2.11. The Bertz CT molecular complexity index is 1520. The lowest BCUT2D eigenvalue weighted by Crippen LogP contribution is -1.98. The highest BCUT2D eigenvalue weighted by molar-refractivity contribution is 6.11. The van der Waals surface area contributed by atoms with Crippen LogP contribution in [0.25, 0.3) is 49.7 Å².